The molecule has 27 heavy (non-hydrogen) atoms. The molecule has 0 aromatic heterocycles. The van der Waals surface area contributed by atoms with Crippen molar-refractivity contribution in [2.75, 3.05) is 26.1 Å². The van der Waals surface area contributed by atoms with Gasteiger partial charge in [-0.2, -0.15) is 0 Å². The molecule has 3 N–H and O–H groups in total. The first kappa shape index (κ1) is 20.1. The molecular formula is C20H24N2O5. The lowest BCUT2D eigenvalue weighted by Crippen LogP contribution is -2.20. The van der Waals surface area contributed by atoms with Crippen LogP contribution < -0.4 is 25.3 Å². The number of rotatable bonds is 8. The molecule has 2 aromatic rings. The van der Waals surface area contributed by atoms with Crippen molar-refractivity contribution in [3.63, 3.8) is 0 Å². The van der Waals surface area contributed by atoms with E-state index in [-0.39, 0.29) is 29.8 Å². The van der Waals surface area contributed by atoms with Crippen LogP contribution in [0.15, 0.2) is 30.3 Å². The van der Waals surface area contributed by atoms with E-state index in [1.54, 1.807) is 0 Å². The normalized spacial score (nSPS) is 10.2. The maximum atomic E-state index is 12.8. The number of ether oxygens (including phenoxy) is 3. The number of para-hydroxylation sites is 1. The van der Waals surface area contributed by atoms with Crippen LogP contribution in [0.25, 0.3) is 0 Å². The van der Waals surface area contributed by atoms with Gasteiger partial charge >= 0.3 is 0 Å². The summed E-state index contributed by atoms with van der Waals surface area (Å²) in [4.78, 5) is 23.8. The zero-order chi connectivity index (χ0) is 20.0. The summed E-state index contributed by atoms with van der Waals surface area (Å²) < 4.78 is 15.9. The number of methoxy groups -OCH3 is 2. The quantitative estimate of drug-likeness (QED) is 0.742. The number of primary amides is 1. The maximum Gasteiger partial charge on any atom is 0.255 e. The molecule has 7 nitrogen and oxygen atoms in total. The molecule has 0 aliphatic carbocycles. The average molecular weight is 372 g/mol. The summed E-state index contributed by atoms with van der Waals surface area (Å²) in [5.74, 6) is -0.201. The van der Waals surface area contributed by atoms with Gasteiger partial charge in [-0.25, -0.2) is 0 Å². The summed E-state index contributed by atoms with van der Waals surface area (Å²) in [7, 11) is 2.87. The van der Waals surface area contributed by atoms with Gasteiger partial charge in [-0.3, -0.25) is 9.59 Å². The summed E-state index contributed by atoms with van der Waals surface area (Å²) >= 11 is 0. The summed E-state index contributed by atoms with van der Waals surface area (Å²) in [6.45, 7) is 3.64. The average Bonchev–Trinajstić information content (AvgIpc) is 2.66. The maximum absolute atomic E-state index is 12.8. The van der Waals surface area contributed by atoms with Crippen molar-refractivity contribution in [1.82, 2.24) is 0 Å². The fourth-order valence-electron chi connectivity index (χ4n) is 2.68. The Labute approximate surface area is 158 Å². The summed E-state index contributed by atoms with van der Waals surface area (Å²) in [6.07, 6.45) is 0.795. The second-order valence-electron chi connectivity index (χ2n) is 5.88. The van der Waals surface area contributed by atoms with Crippen molar-refractivity contribution in [1.29, 1.82) is 0 Å². The SMILES string of the molecule is CCc1cccc(C)c1NC(=O)c1cc(OC)c(OCC(N)=O)c(OC)c1. The van der Waals surface area contributed by atoms with Crippen molar-refractivity contribution in [3.05, 3.63) is 47.0 Å². The third-order valence-electron chi connectivity index (χ3n) is 4.06. The number of anilines is 1. The fourth-order valence-corrected chi connectivity index (χ4v) is 2.68. The predicted octanol–water partition coefficient (Wildman–Crippen LogP) is 2.69. The van der Waals surface area contributed by atoms with E-state index < -0.39 is 5.91 Å². The van der Waals surface area contributed by atoms with E-state index >= 15 is 0 Å². The van der Waals surface area contributed by atoms with Gasteiger partial charge < -0.3 is 25.3 Å². The smallest absolute Gasteiger partial charge is 0.255 e. The van der Waals surface area contributed by atoms with Gasteiger partial charge in [0.15, 0.2) is 18.1 Å². The van der Waals surface area contributed by atoms with Crippen LogP contribution in [0.3, 0.4) is 0 Å². The minimum absolute atomic E-state index is 0.209. The second-order valence-corrected chi connectivity index (χ2v) is 5.88. The third kappa shape index (κ3) is 4.69. The second kappa shape index (κ2) is 8.93. The Morgan fingerprint density at radius 2 is 1.74 bits per heavy atom. The van der Waals surface area contributed by atoms with E-state index in [4.69, 9.17) is 19.9 Å². The Morgan fingerprint density at radius 1 is 1.11 bits per heavy atom. The number of nitrogens with two attached hydrogens (primary N) is 1. The molecule has 0 spiro atoms. The molecule has 0 atom stereocenters. The summed E-state index contributed by atoms with van der Waals surface area (Å²) in [5.41, 5.74) is 8.26. The van der Waals surface area contributed by atoms with Gasteiger partial charge in [0, 0.05) is 11.3 Å². The summed E-state index contributed by atoms with van der Waals surface area (Å²) in [6, 6.07) is 8.93. The van der Waals surface area contributed by atoms with E-state index in [1.807, 2.05) is 32.0 Å². The first-order chi connectivity index (χ1) is 12.9. The molecule has 0 fully saturated rings. The number of benzene rings is 2. The molecule has 0 saturated heterocycles. The van der Waals surface area contributed by atoms with Crippen LogP contribution in [0.2, 0.25) is 0 Å². The molecule has 0 radical (unpaired) electrons. The predicted molar refractivity (Wildman–Crippen MR) is 103 cm³/mol. The van der Waals surface area contributed by atoms with Crippen LogP contribution in [0.5, 0.6) is 17.2 Å². The number of nitrogens with one attached hydrogen (secondary N) is 1. The molecule has 0 saturated carbocycles. The lowest BCUT2D eigenvalue weighted by Gasteiger charge is -2.16. The molecule has 0 aliphatic rings. The lowest BCUT2D eigenvalue weighted by molar-refractivity contribution is -0.120. The van der Waals surface area contributed by atoms with E-state index in [2.05, 4.69) is 5.32 Å². The van der Waals surface area contributed by atoms with E-state index in [1.165, 1.54) is 26.4 Å². The van der Waals surface area contributed by atoms with Crippen LogP contribution >= 0.6 is 0 Å². The molecule has 2 rings (SSSR count). The zero-order valence-electron chi connectivity index (χ0n) is 15.9. The Hall–Kier alpha value is -3.22. The van der Waals surface area contributed by atoms with Gasteiger partial charge in [0.2, 0.25) is 5.75 Å². The highest BCUT2D eigenvalue weighted by Gasteiger charge is 2.19. The van der Waals surface area contributed by atoms with Gasteiger partial charge in [0.25, 0.3) is 11.8 Å². The minimum atomic E-state index is -0.632. The first-order valence-electron chi connectivity index (χ1n) is 8.48. The Balaban J connectivity index is 2.38. The van der Waals surface area contributed by atoms with Gasteiger partial charge in [-0.1, -0.05) is 25.1 Å². The molecule has 0 bridgehead atoms. The van der Waals surface area contributed by atoms with E-state index in [0.29, 0.717) is 5.56 Å². The van der Waals surface area contributed by atoms with Gasteiger partial charge in [0.1, 0.15) is 0 Å². The van der Waals surface area contributed by atoms with Crippen LogP contribution in [0, 0.1) is 6.92 Å². The van der Waals surface area contributed by atoms with Crippen molar-refractivity contribution in [2.24, 2.45) is 5.73 Å². The third-order valence-corrected chi connectivity index (χ3v) is 4.06. The van der Waals surface area contributed by atoms with Crippen LogP contribution in [-0.2, 0) is 11.2 Å². The Bertz CT molecular complexity index is 823. The highest BCUT2D eigenvalue weighted by molar-refractivity contribution is 6.06. The highest BCUT2D eigenvalue weighted by atomic mass is 16.5. The number of carbonyl (C=O) groups excluding carboxylic acids is 2. The largest absolute Gasteiger partial charge is 0.493 e. The van der Waals surface area contributed by atoms with Crippen molar-refractivity contribution in [2.45, 2.75) is 20.3 Å². The van der Waals surface area contributed by atoms with Crippen molar-refractivity contribution in [3.8, 4) is 17.2 Å². The molecule has 144 valence electrons. The number of hydrogen-bond acceptors (Lipinski definition) is 5. The van der Waals surface area contributed by atoms with Gasteiger partial charge in [-0.15, -0.1) is 0 Å². The number of carbonyl (C=O) groups is 2. The van der Waals surface area contributed by atoms with Crippen molar-refractivity contribution < 1.29 is 23.8 Å². The molecule has 0 heterocycles. The van der Waals surface area contributed by atoms with Gasteiger partial charge in [0.05, 0.1) is 14.2 Å². The van der Waals surface area contributed by atoms with Crippen LogP contribution in [0.1, 0.15) is 28.4 Å². The molecule has 0 unspecified atom stereocenters. The molecule has 7 heteroatoms. The van der Waals surface area contributed by atoms with E-state index in [9.17, 15) is 9.59 Å². The topological polar surface area (TPSA) is 99.9 Å². The van der Waals surface area contributed by atoms with Crippen molar-refractivity contribution >= 4 is 17.5 Å². The van der Waals surface area contributed by atoms with Gasteiger partial charge in [-0.05, 0) is 36.6 Å². The molecule has 2 aromatic carbocycles. The number of amides is 2. The first-order valence-corrected chi connectivity index (χ1v) is 8.48. The molecule has 2 amide bonds. The highest BCUT2D eigenvalue weighted by Crippen LogP contribution is 2.38. The fraction of sp³-hybridized carbons (Fsp3) is 0.300. The standard InChI is InChI=1S/C20H24N2O5/c1-5-13-8-6-7-12(2)18(13)22-20(24)14-9-15(25-3)19(16(10-14)26-4)27-11-17(21)23/h6-10H,5,11H2,1-4H3,(H2,21,23)(H,22,24). The monoisotopic (exact) mass is 372 g/mol. The van der Waals surface area contributed by atoms with E-state index in [0.717, 1.165) is 23.2 Å². The Morgan fingerprint density at radius 3 is 2.26 bits per heavy atom. The molecule has 0 aliphatic heterocycles. The Kier molecular flexibility index (Phi) is 6.65. The number of aryl methyl sites for hydroxylation is 2. The summed E-state index contributed by atoms with van der Waals surface area (Å²) in [5, 5.41) is 2.95. The molecular weight excluding hydrogens is 348 g/mol. The van der Waals surface area contributed by atoms with Crippen LogP contribution in [0.4, 0.5) is 5.69 Å². The zero-order valence-corrected chi connectivity index (χ0v) is 15.9. The van der Waals surface area contributed by atoms with Crippen LogP contribution in [-0.4, -0.2) is 32.6 Å². The lowest BCUT2D eigenvalue weighted by atomic mass is 10.1. The minimum Gasteiger partial charge on any atom is -0.493 e. The number of hydrogen-bond donors (Lipinski definition) is 2.